The van der Waals surface area contributed by atoms with Crippen LogP contribution in [0, 0.1) is 0 Å². The monoisotopic (exact) mass is 286 g/mol. The van der Waals surface area contributed by atoms with Crippen molar-refractivity contribution in [1.29, 1.82) is 0 Å². The lowest BCUT2D eigenvalue weighted by molar-refractivity contribution is 0.0588. The van der Waals surface area contributed by atoms with Crippen LogP contribution in [-0.4, -0.2) is 42.1 Å². The highest BCUT2D eigenvalue weighted by Gasteiger charge is 2.32. The highest BCUT2D eigenvalue weighted by Crippen LogP contribution is 2.30. The highest BCUT2D eigenvalue weighted by atomic mass is 16.2. The molecule has 0 spiro atoms. The Morgan fingerprint density at radius 2 is 2.29 bits per heavy atom. The van der Waals surface area contributed by atoms with E-state index in [1.165, 1.54) is 6.20 Å². The van der Waals surface area contributed by atoms with Crippen molar-refractivity contribution in [3.8, 4) is 0 Å². The average molecular weight is 286 g/mol. The predicted octanol–water partition coefficient (Wildman–Crippen LogP) is 1.46. The Morgan fingerprint density at radius 1 is 1.38 bits per heavy atom. The maximum Gasteiger partial charge on any atom is 0.274 e. The zero-order valence-electron chi connectivity index (χ0n) is 12.0. The van der Waals surface area contributed by atoms with Crippen molar-refractivity contribution in [2.45, 2.75) is 38.8 Å². The van der Waals surface area contributed by atoms with Gasteiger partial charge in [0.2, 0.25) is 0 Å². The molecular weight excluding hydrogens is 268 g/mol. The molecular formula is C14H18N6O. The Labute approximate surface area is 123 Å². The summed E-state index contributed by atoms with van der Waals surface area (Å²) >= 11 is 0. The van der Waals surface area contributed by atoms with Gasteiger partial charge in [-0.15, -0.1) is 10.2 Å². The minimum Gasteiger partial charge on any atom is -0.327 e. The SMILES string of the molecule is CCn1cnnc1C1CCCCN1C(=O)c1cnccn1. The molecule has 0 bridgehead atoms. The van der Waals surface area contributed by atoms with Crippen molar-refractivity contribution in [2.75, 3.05) is 6.54 Å². The second-order valence-electron chi connectivity index (χ2n) is 5.08. The van der Waals surface area contributed by atoms with Crippen molar-refractivity contribution in [3.63, 3.8) is 0 Å². The number of carbonyl (C=O) groups excluding carboxylic acids is 1. The van der Waals surface area contributed by atoms with Gasteiger partial charge in [0.1, 0.15) is 12.0 Å². The molecule has 2 aromatic rings. The fraction of sp³-hybridized carbons (Fsp3) is 0.500. The number of rotatable bonds is 3. The topological polar surface area (TPSA) is 76.8 Å². The maximum absolute atomic E-state index is 12.7. The van der Waals surface area contributed by atoms with E-state index in [0.717, 1.165) is 38.2 Å². The first-order valence-electron chi connectivity index (χ1n) is 7.26. The van der Waals surface area contributed by atoms with E-state index in [1.54, 1.807) is 18.7 Å². The molecule has 1 saturated heterocycles. The molecule has 2 aromatic heterocycles. The van der Waals surface area contributed by atoms with Crippen LogP contribution >= 0.6 is 0 Å². The third-order valence-electron chi connectivity index (χ3n) is 3.83. The van der Waals surface area contributed by atoms with Gasteiger partial charge in [0.25, 0.3) is 5.91 Å². The van der Waals surface area contributed by atoms with Crippen LogP contribution in [0.1, 0.15) is 48.5 Å². The van der Waals surface area contributed by atoms with Gasteiger partial charge in [-0.2, -0.15) is 0 Å². The molecule has 110 valence electrons. The molecule has 3 rings (SSSR count). The van der Waals surface area contributed by atoms with Crippen LogP contribution in [0.4, 0.5) is 0 Å². The van der Waals surface area contributed by atoms with E-state index in [1.807, 2.05) is 16.4 Å². The van der Waals surface area contributed by atoms with Crippen LogP contribution in [-0.2, 0) is 6.54 Å². The largest absolute Gasteiger partial charge is 0.327 e. The quantitative estimate of drug-likeness (QED) is 0.853. The second-order valence-corrected chi connectivity index (χ2v) is 5.08. The molecule has 1 unspecified atom stereocenters. The van der Waals surface area contributed by atoms with Gasteiger partial charge >= 0.3 is 0 Å². The molecule has 1 amide bonds. The Bertz CT molecular complexity index is 611. The van der Waals surface area contributed by atoms with Crippen LogP contribution in [0.3, 0.4) is 0 Å². The number of nitrogens with zero attached hydrogens (tertiary/aromatic N) is 6. The first-order valence-corrected chi connectivity index (χ1v) is 7.26. The first-order chi connectivity index (χ1) is 10.3. The molecule has 1 aliphatic rings. The van der Waals surface area contributed by atoms with Crippen molar-refractivity contribution in [1.82, 2.24) is 29.6 Å². The van der Waals surface area contributed by atoms with Crippen LogP contribution in [0.5, 0.6) is 0 Å². The predicted molar refractivity (Wildman–Crippen MR) is 75.4 cm³/mol. The van der Waals surface area contributed by atoms with Gasteiger partial charge in [-0.05, 0) is 26.2 Å². The summed E-state index contributed by atoms with van der Waals surface area (Å²) in [7, 11) is 0. The maximum atomic E-state index is 12.7. The van der Waals surface area contributed by atoms with E-state index in [4.69, 9.17) is 0 Å². The molecule has 0 aromatic carbocycles. The molecule has 1 aliphatic heterocycles. The van der Waals surface area contributed by atoms with E-state index in [0.29, 0.717) is 5.69 Å². The van der Waals surface area contributed by atoms with Gasteiger partial charge in [0.15, 0.2) is 5.82 Å². The smallest absolute Gasteiger partial charge is 0.274 e. The normalized spacial score (nSPS) is 18.7. The van der Waals surface area contributed by atoms with Crippen LogP contribution < -0.4 is 0 Å². The second kappa shape index (κ2) is 5.99. The number of carbonyl (C=O) groups is 1. The number of aryl methyl sites for hydroxylation is 1. The fourth-order valence-corrected chi connectivity index (χ4v) is 2.77. The summed E-state index contributed by atoms with van der Waals surface area (Å²) in [6, 6.07) is -0.0318. The summed E-state index contributed by atoms with van der Waals surface area (Å²) in [5, 5.41) is 8.20. The number of aromatic nitrogens is 5. The molecule has 7 heteroatoms. The number of hydrogen-bond acceptors (Lipinski definition) is 5. The minimum absolute atomic E-state index is 0.0318. The number of amides is 1. The van der Waals surface area contributed by atoms with Crippen molar-refractivity contribution < 1.29 is 4.79 Å². The Balaban J connectivity index is 1.90. The number of likely N-dealkylation sites (tertiary alicyclic amines) is 1. The molecule has 7 nitrogen and oxygen atoms in total. The van der Waals surface area contributed by atoms with E-state index in [9.17, 15) is 4.79 Å². The molecule has 0 saturated carbocycles. The van der Waals surface area contributed by atoms with Gasteiger partial charge in [-0.3, -0.25) is 9.78 Å². The van der Waals surface area contributed by atoms with Crippen molar-refractivity contribution >= 4 is 5.91 Å². The molecule has 0 radical (unpaired) electrons. The van der Waals surface area contributed by atoms with Gasteiger partial charge in [0.05, 0.1) is 12.2 Å². The third kappa shape index (κ3) is 2.63. The number of hydrogen-bond donors (Lipinski definition) is 0. The fourth-order valence-electron chi connectivity index (χ4n) is 2.77. The van der Waals surface area contributed by atoms with Gasteiger partial charge in [-0.1, -0.05) is 0 Å². The van der Waals surface area contributed by atoms with E-state index in [-0.39, 0.29) is 11.9 Å². The number of piperidine rings is 1. The molecule has 3 heterocycles. The lowest BCUT2D eigenvalue weighted by atomic mass is 10.0. The van der Waals surface area contributed by atoms with Crippen molar-refractivity contribution in [3.05, 3.63) is 36.4 Å². The zero-order valence-corrected chi connectivity index (χ0v) is 12.0. The average Bonchev–Trinajstić information content (AvgIpc) is 3.03. The van der Waals surface area contributed by atoms with Crippen LogP contribution in [0.2, 0.25) is 0 Å². The van der Waals surface area contributed by atoms with Crippen LogP contribution in [0.25, 0.3) is 0 Å². The lowest BCUT2D eigenvalue weighted by Crippen LogP contribution is -2.40. The molecule has 21 heavy (non-hydrogen) atoms. The molecule has 0 aliphatic carbocycles. The lowest BCUT2D eigenvalue weighted by Gasteiger charge is -2.34. The Kier molecular flexibility index (Phi) is 3.89. The summed E-state index contributed by atoms with van der Waals surface area (Å²) < 4.78 is 1.99. The molecule has 1 fully saturated rings. The van der Waals surface area contributed by atoms with E-state index < -0.39 is 0 Å². The summed E-state index contributed by atoms with van der Waals surface area (Å²) in [5.74, 6) is 0.771. The highest BCUT2D eigenvalue weighted by molar-refractivity contribution is 5.92. The zero-order chi connectivity index (χ0) is 14.7. The molecule has 1 atom stereocenters. The summed E-state index contributed by atoms with van der Waals surface area (Å²) in [6.07, 6.45) is 9.34. The third-order valence-corrected chi connectivity index (χ3v) is 3.83. The van der Waals surface area contributed by atoms with Gasteiger partial charge in [-0.25, -0.2) is 4.98 Å². The summed E-state index contributed by atoms with van der Waals surface area (Å²) in [4.78, 5) is 22.6. The Hall–Kier alpha value is -2.31. The standard InChI is InChI=1S/C14H18N6O/c1-2-19-10-17-18-13(19)12-5-3-4-8-20(12)14(21)11-9-15-6-7-16-11/h6-7,9-10,12H,2-5,8H2,1H3. The summed E-state index contributed by atoms with van der Waals surface area (Å²) in [6.45, 7) is 3.56. The molecule has 0 N–H and O–H groups in total. The Morgan fingerprint density at radius 3 is 3.05 bits per heavy atom. The van der Waals surface area contributed by atoms with Crippen molar-refractivity contribution in [2.24, 2.45) is 0 Å². The van der Waals surface area contributed by atoms with Gasteiger partial charge < -0.3 is 9.47 Å². The van der Waals surface area contributed by atoms with E-state index in [2.05, 4.69) is 20.2 Å². The van der Waals surface area contributed by atoms with E-state index >= 15 is 0 Å². The van der Waals surface area contributed by atoms with Gasteiger partial charge in [0, 0.05) is 25.5 Å². The first kappa shape index (κ1) is 13.7. The van der Waals surface area contributed by atoms with Crippen LogP contribution in [0.15, 0.2) is 24.9 Å². The summed E-state index contributed by atoms with van der Waals surface area (Å²) in [5.41, 5.74) is 0.381. The minimum atomic E-state index is -0.0848.